The van der Waals surface area contributed by atoms with Crippen molar-refractivity contribution < 1.29 is 9.90 Å². The summed E-state index contributed by atoms with van der Waals surface area (Å²) < 4.78 is 1.61. The molecule has 5 nitrogen and oxygen atoms in total. The second kappa shape index (κ2) is 4.81. The second-order valence-electron chi connectivity index (χ2n) is 4.18. The van der Waals surface area contributed by atoms with Crippen molar-refractivity contribution in [3.63, 3.8) is 0 Å². The summed E-state index contributed by atoms with van der Waals surface area (Å²) in [6.45, 7) is 8.28. The van der Waals surface area contributed by atoms with E-state index in [1.54, 1.807) is 16.7 Å². The molecule has 2 heterocycles. The minimum atomic E-state index is -0.967. The first-order chi connectivity index (χ1) is 8.56. The van der Waals surface area contributed by atoms with E-state index in [4.69, 9.17) is 0 Å². The van der Waals surface area contributed by atoms with Gasteiger partial charge in [-0.05, 0) is 13.8 Å². The van der Waals surface area contributed by atoms with Gasteiger partial charge in [-0.2, -0.15) is 0 Å². The minimum Gasteiger partial charge on any atom is -0.476 e. The van der Waals surface area contributed by atoms with Gasteiger partial charge < -0.3 is 10.0 Å². The van der Waals surface area contributed by atoms with Gasteiger partial charge in [0.25, 0.3) is 0 Å². The molecule has 0 spiro atoms. The van der Waals surface area contributed by atoms with Gasteiger partial charge in [-0.25, -0.2) is 9.78 Å². The Hall–Kier alpha value is -1.82. The molecule has 0 amide bonds. The van der Waals surface area contributed by atoms with Crippen LogP contribution >= 0.6 is 11.3 Å². The summed E-state index contributed by atoms with van der Waals surface area (Å²) in [7, 11) is 0. The Morgan fingerprint density at radius 2 is 2.44 bits per heavy atom. The van der Waals surface area contributed by atoms with Gasteiger partial charge in [-0.1, -0.05) is 6.08 Å². The number of rotatable bonds is 5. The van der Waals surface area contributed by atoms with Crippen molar-refractivity contribution in [3.8, 4) is 0 Å². The highest BCUT2D eigenvalue weighted by atomic mass is 32.1. The van der Waals surface area contributed by atoms with Crippen molar-refractivity contribution >= 4 is 28.1 Å². The van der Waals surface area contributed by atoms with Crippen molar-refractivity contribution in [2.24, 2.45) is 0 Å². The first-order valence-corrected chi connectivity index (χ1v) is 6.50. The Bertz CT molecular complexity index is 585. The predicted molar refractivity (Wildman–Crippen MR) is 72.7 cm³/mol. The number of nitrogens with zero attached hydrogens (tertiary/aromatic N) is 3. The molecule has 2 aromatic rings. The SMILES string of the molecule is C=CCN(c1nc2sccn2c1C(=O)O)C(C)C. The van der Waals surface area contributed by atoms with Crippen LogP contribution in [0.2, 0.25) is 0 Å². The van der Waals surface area contributed by atoms with Crippen LogP contribution in [0.15, 0.2) is 24.2 Å². The molecular weight excluding hydrogens is 250 g/mol. The first-order valence-electron chi connectivity index (χ1n) is 5.62. The summed E-state index contributed by atoms with van der Waals surface area (Å²) >= 11 is 1.42. The van der Waals surface area contributed by atoms with Gasteiger partial charge in [0, 0.05) is 24.2 Å². The van der Waals surface area contributed by atoms with Gasteiger partial charge in [0.15, 0.2) is 16.5 Å². The lowest BCUT2D eigenvalue weighted by Gasteiger charge is -2.25. The quantitative estimate of drug-likeness (QED) is 0.844. The number of fused-ring (bicyclic) bond motifs is 1. The van der Waals surface area contributed by atoms with Crippen molar-refractivity contribution in [3.05, 3.63) is 29.9 Å². The van der Waals surface area contributed by atoms with Crippen LogP contribution in [0.4, 0.5) is 5.82 Å². The number of carbonyl (C=O) groups is 1. The lowest BCUT2D eigenvalue weighted by Crippen LogP contribution is -2.32. The lowest BCUT2D eigenvalue weighted by molar-refractivity contribution is 0.0690. The number of aromatic carboxylic acids is 1. The predicted octanol–water partition coefficient (Wildman–Crippen LogP) is 2.49. The maximum absolute atomic E-state index is 11.4. The Morgan fingerprint density at radius 1 is 1.72 bits per heavy atom. The molecule has 0 radical (unpaired) electrons. The van der Waals surface area contributed by atoms with Crippen molar-refractivity contribution in [1.82, 2.24) is 9.38 Å². The smallest absolute Gasteiger partial charge is 0.356 e. The van der Waals surface area contributed by atoms with Crippen LogP contribution in [0.1, 0.15) is 24.3 Å². The fourth-order valence-electron chi connectivity index (χ4n) is 1.85. The van der Waals surface area contributed by atoms with Crippen LogP contribution in [-0.2, 0) is 0 Å². The average Bonchev–Trinajstić information content (AvgIpc) is 2.83. The van der Waals surface area contributed by atoms with E-state index in [0.29, 0.717) is 17.3 Å². The Labute approximate surface area is 109 Å². The Morgan fingerprint density at radius 3 is 3.00 bits per heavy atom. The molecular formula is C12H15N3O2S. The fourth-order valence-corrected chi connectivity index (χ4v) is 2.56. The van der Waals surface area contributed by atoms with Gasteiger partial charge in [0.05, 0.1) is 0 Å². The van der Waals surface area contributed by atoms with E-state index in [-0.39, 0.29) is 11.7 Å². The fraction of sp³-hybridized carbons (Fsp3) is 0.333. The molecule has 0 fully saturated rings. The molecule has 0 saturated heterocycles. The molecule has 2 rings (SSSR count). The average molecular weight is 265 g/mol. The van der Waals surface area contributed by atoms with Crippen LogP contribution in [0.3, 0.4) is 0 Å². The van der Waals surface area contributed by atoms with Crippen LogP contribution in [-0.4, -0.2) is 33.0 Å². The summed E-state index contributed by atoms with van der Waals surface area (Å²) in [5.41, 5.74) is 0.210. The summed E-state index contributed by atoms with van der Waals surface area (Å²) in [5, 5.41) is 11.2. The van der Waals surface area contributed by atoms with E-state index >= 15 is 0 Å². The van der Waals surface area contributed by atoms with Crippen LogP contribution in [0, 0.1) is 0 Å². The monoisotopic (exact) mass is 265 g/mol. The van der Waals surface area contributed by atoms with Crippen LogP contribution in [0.5, 0.6) is 0 Å². The molecule has 6 heteroatoms. The third-order valence-electron chi connectivity index (χ3n) is 2.67. The normalized spacial score (nSPS) is 11.1. The second-order valence-corrected chi connectivity index (χ2v) is 5.05. The van der Waals surface area contributed by atoms with Crippen molar-refractivity contribution in [2.75, 3.05) is 11.4 Å². The zero-order valence-electron chi connectivity index (χ0n) is 10.3. The van der Waals surface area contributed by atoms with Gasteiger partial charge in [0.1, 0.15) is 0 Å². The van der Waals surface area contributed by atoms with E-state index in [0.717, 1.165) is 0 Å². The molecule has 0 bridgehead atoms. The molecule has 0 aromatic carbocycles. The Kier molecular flexibility index (Phi) is 3.38. The first kappa shape index (κ1) is 12.6. The standard InChI is InChI=1S/C12H15N3O2S/c1-4-5-14(8(2)3)10-9(11(16)17)15-6-7-18-12(15)13-10/h4,6-8H,1,5H2,2-3H3,(H,16,17). The van der Waals surface area contributed by atoms with Crippen molar-refractivity contribution in [1.29, 1.82) is 0 Å². The van der Waals surface area contributed by atoms with Gasteiger partial charge in [0.2, 0.25) is 0 Å². The molecule has 0 aliphatic carbocycles. The molecule has 0 saturated carbocycles. The molecule has 2 aromatic heterocycles. The number of thiazole rings is 1. The van der Waals surface area contributed by atoms with E-state index in [1.165, 1.54) is 11.3 Å². The molecule has 1 N–H and O–H groups in total. The maximum atomic E-state index is 11.4. The van der Waals surface area contributed by atoms with Gasteiger partial charge in [-0.15, -0.1) is 17.9 Å². The maximum Gasteiger partial charge on any atom is 0.356 e. The van der Waals surface area contributed by atoms with Crippen LogP contribution in [0.25, 0.3) is 4.96 Å². The lowest BCUT2D eigenvalue weighted by atomic mass is 10.3. The summed E-state index contributed by atoms with van der Waals surface area (Å²) in [6.07, 6.45) is 3.48. The molecule has 0 aliphatic rings. The minimum absolute atomic E-state index is 0.158. The summed E-state index contributed by atoms with van der Waals surface area (Å²) in [4.78, 5) is 18.4. The molecule has 96 valence electrons. The molecule has 0 unspecified atom stereocenters. The number of anilines is 1. The number of carboxylic acid groups (broad SMARTS) is 1. The third kappa shape index (κ3) is 1.99. The van der Waals surface area contributed by atoms with Crippen molar-refractivity contribution in [2.45, 2.75) is 19.9 Å². The topological polar surface area (TPSA) is 57.8 Å². The number of aromatic nitrogens is 2. The number of carboxylic acids is 1. The van der Waals surface area contributed by atoms with Crippen LogP contribution < -0.4 is 4.90 Å². The van der Waals surface area contributed by atoms with Gasteiger partial charge in [-0.3, -0.25) is 4.40 Å². The molecule has 18 heavy (non-hydrogen) atoms. The largest absolute Gasteiger partial charge is 0.476 e. The number of imidazole rings is 1. The summed E-state index contributed by atoms with van der Waals surface area (Å²) in [6, 6.07) is 0.158. The summed E-state index contributed by atoms with van der Waals surface area (Å²) in [5.74, 6) is -0.463. The zero-order chi connectivity index (χ0) is 13.3. The Balaban J connectivity index is 2.60. The number of hydrogen-bond acceptors (Lipinski definition) is 4. The molecule has 0 aliphatic heterocycles. The highest BCUT2D eigenvalue weighted by Gasteiger charge is 2.24. The molecule has 0 atom stereocenters. The highest BCUT2D eigenvalue weighted by molar-refractivity contribution is 7.15. The van der Waals surface area contributed by atoms with E-state index in [1.807, 2.05) is 24.1 Å². The number of hydrogen-bond donors (Lipinski definition) is 1. The van der Waals surface area contributed by atoms with E-state index in [9.17, 15) is 9.90 Å². The zero-order valence-corrected chi connectivity index (χ0v) is 11.1. The van der Waals surface area contributed by atoms with E-state index < -0.39 is 5.97 Å². The van der Waals surface area contributed by atoms with Gasteiger partial charge >= 0.3 is 5.97 Å². The van der Waals surface area contributed by atoms with E-state index in [2.05, 4.69) is 11.6 Å². The third-order valence-corrected chi connectivity index (χ3v) is 3.42. The highest BCUT2D eigenvalue weighted by Crippen LogP contribution is 2.26.